The number of hydrogen-bond donors (Lipinski definition) is 0. The van der Waals surface area contributed by atoms with Gasteiger partial charge in [-0.15, -0.1) is 0 Å². The van der Waals surface area contributed by atoms with Crippen LogP contribution in [-0.4, -0.2) is 14.4 Å². The molecule has 0 nitrogen and oxygen atoms in total. The second kappa shape index (κ2) is 7.26. The molecule has 0 atom stereocenters. The van der Waals surface area contributed by atoms with Crippen LogP contribution in [0.15, 0.2) is 78.9 Å². The van der Waals surface area contributed by atoms with Crippen LogP contribution in [0.2, 0.25) is 19.6 Å². The molecule has 0 unspecified atom stereocenters. The van der Waals surface area contributed by atoms with E-state index in [-0.39, 0.29) is 0 Å². The first-order chi connectivity index (χ1) is 11.8. The van der Waals surface area contributed by atoms with Crippen molar-refractivity contribution in [3.63, 3.8) is 0 Å². The van der Waals surface area contributed by atoms with Crippen molar-refractivity contribution in [1.82, 2.24) is 0 Å². The van der Waals surface area contributed by atoms with E-state index in [1.54, 1.807) is 5.19 Å². The quantitative estimate of drug-likeness (QED) is 0.296. The molecule has 0 aliphatic rings. The molecule has 0 saturated heterocycles. The van der Waals surface area contributed by atoms with Crippen LogP contribution in [0.5, 0.6) is 0 Å². The predicted octanol–water partition coefficient (Wildman–Crippen LogP) is 4.56. The van der Waals surface area contributed by atoms with E-state index in [0.717, 1.165) is 0 Å². The molecule has 25 heavy (non-hydrogen) atoms. The SMILES string of the molecule is C=P(c1ccccc1)(c1ccccc1)c1cccc(I)c1[Si](C)(C)C. The molecule has 0 aromatic heterocycles. The number of benzene rings is 3. The Bertz CT molecular complexity index is 868. The topological polar surface area (TPSA) is 0 Å². The Balaban J connectivity index is 2.40. The lowest BCUT2D eigenvalue weighted by atomic mass is 10.3. The first-order valence-electron chi connectivity index (χ1n) is 8.49. The van der Waals surface area contributed by atoms with Gasteiger partial charge in [-0.1, -0.05) is 98.7 Å². The molecule has 3 heteroatoms. The molecule has 0 aliphatic carbocycles. The van der Waals surface area contributed by atoms with Crippen LogP contribution in [0.4, 0.5) is 0 Å². The lowest BCUT2D eigenvalue weighted by Crippen LogP contribution is -2.50. The van der Waals surface area contributed by atoms with Gasteiger partial charge >= 0.3 is 0 Å². The van der Waals surface area contributed by atoms with Crippen molar-refractivity contribution in [2.45, 2.75) is 19.6 Å². The first-order valence-corrected chi connectivity index (χ1v) is 15.0. The fourth-order valence-electron chi connectivity index (χ4n) is 3.37. The summed E-state index contributed by atoms with van der Waals surface area (Å²) >= 11 is 2.51. The van der Waals surface area contributed by atoms with Crippen LogP contribution < -0.4 is 21.1 Å². The van der Waals surface area contributed by atoms with E-state index in [9.17, 15) is 0 Å². The summed E-state index contributed by atoms with van der Waals surface area (Å²) in [7, 11) is -1.52. The average Bonchev–Trinajstić information content (AvgIpc) is 2.61. The van der Waals surface area contributed by atoms with Gasteiger partial charge in [0.05, 0.1) is 8.07 Å². The summed E-state index contributed by atoms with van der Waals surface area (Å²) in [6.07, 6.45) is 4.93. The van der Waals surface area contributed by atoms with E-state index in [2.05, 4.69) is 121 Å². The van der Waals surface area contributed by atoms with Gasteiger partial charge in [0.2, 0.25) is 0 Å². The van der Waals surface area contributed by atoms with Gasteiger partial charge in [0.15, 0.2) is 0 Å². The van der Waals surface area contributed by atoms with Gasteiger partial charge in [-0.25, -0.2) is 0 Å². The van der Waals surface area contributed by atoms with Crippen LogP contribution in [0, 0.1) is 3.57 Å². The van der Waals surface area contributed by atoms with E-state index in [4.69, 9.17) is 6.30 Å². The van der Waals surface area contributed by atoms with Gasteiger partial charge in [-0.05, 0) is 56.6 Å². The zero-order valence-corrected chi connectivity index (χ0v) is 19.1. The Hall–Kier alpha value is -1.09. The number of halogens is 1. The summed E-state index contributed by atoms with van der Waals surface area (Å²) in [5, 5.41) is 5.72. The molecule has 3 aromatic carbocycles. The van der Waals surface area contributed by atoms with E-state index in [1.165, 1.54) is 19.5 Å². The lowest BCUT2D eigenvalue weighted by Gasteiger charge is -2.33. The minimum absolute atomic E-state index is 1.35. The second-order valence-electron chi connectivity index (χ2n) is 7.36. The summed E-state index contributed by atoms with van der Waals surface area (Å²) in [6.45, 7) is 5.41. The molecule has 0 amide bonds. The third kappa shape index (κ3) is 3.58. The monoisotopic (exact) mass is 474 g/mol. The molecule has 0 radical (unpaired) electrons. The fraction of sp³-hybridized carbons (Fsp3) is 0.136. The Morgan fingerprint density at radius 1 is 0.720 bits per heavy atom. The zero-order valence-electron chi connectivity index (χ0n) is 15.0. The maximum absolute atomic E-state index is 4.93. The molecule has 3 rings (SSSR count). The second-order valence-corrected chi connectivity index (χ2v) is 16.7. The molecular weight excluding hydrogens is 450 g/mol. The lowest BCUT2D eigenvalue weighted by molar-refractivity contribution is 1.66. The van der Waals surface area contributed by atoms with Gasteiger partial charge in [0.1, 0.15) is 0 Å². The summed E-state index contributed by atoms with van der Waals surface area (Å²) in [5.74, 6) is 0. The number of rotatable bonds is 4. The van der Waals surface area contributed by atoms with Crippen LogP contribution in [0.25, 0.3) is 0 Å². The molecule has 0 fully saturated rings. The Labute approximate surface area is 166 Å². The molecule has 3 aromatic rings. The molecule has 0 N–H and O–H groups in total. The standard InChI is InChI=1S/C22H24IPSi/c1-24(18-12-7-5-8-13-18,19-14-9-6-10-15-19)21-17-11-16-20(23)22(21)25(2,3)4/h5-17H,1H2,2-4H3. The maximum atomic E-state index is 4.93. The molecular formula is C22H24IPSi. The molecule has 0 aliphatic heterocycles. The minimum Gasteiger partial charge on any atom is -0.0887 e. The van der Waals surface area contributed by atoms with E-state index in [1.807, 2.05) is 0 Å². The molecule has 0 heterocycles. The van der Waals surface area contributed by atoms with Gasteiger partial charge < -0.3 is 0 Å². The Morgan fingerprint density at radius 2 is 1.20 bits per heavy atom. The van der Waals surface area contributed by atoms with Gasteiger partial charge in [0.25, 0.3) is 0 Å². The normalized spacial score (nSPS) is 12.2. The Kier molecular flexibility index (Phi) is 5.43. The summed E-state index contributed by atoms with van der Waals surface area (Å²) < 4.78 is 1.38. The fourth-order valence-corrected chi connectivity index (χ4v) is 12.8. The molecule has 128 valence electrons. The molecule has 0 bridgehead atoms. The van der Waals surface area contributed by atoms with Gasteiger partial charge in [-0.2, -0.15) is 0 Å². The highest BCUT2D eigenvalue weighted by atomic mass is 127. The highest BCUT2D eigenvalue weighted by Crippen LogP contribution is 2.41. The maximum Gasteiger partial charge on any atom is 0.0798 e. The largest absolute Gasteiger partial charge is 0.0887 e. The van der Waals surface area contributed by atoms with Crippen molar-refractivity contribution < 1.29 is 0 Å². The van der Waals surface area contributed by atoms with Crippen molar-refractivity contribution in [3.8, 4) is 0 Å². The summed E-state index contributed by atoms with van der Waals surface area (Å²) in [5.41, 5.74) is 0. The van der Waals surface area contributed by atoms with E-state index in [0.29, 0.717) is 0 Å². The summed E-state index contributed by atoms with van der Waals surface area (Å²) in [6, 6.07) is 28.5. The summed E-state index contributed by atoms with van der Waals surface area (Å²) in [4.78, 5) is 0. The first kappa shape index (κ1) is 18.7. The third-order valence-corrected chi connectivity index (χ3v) is 11.8. The molecule has 0 spiro atoms. The Morgan fingerprint density at radius 3 is 1.64 bits per heavy atom. The number of hydrogen-bond acceptors (Lipinski definition) is 0. The third-order valence-electron chi connectivity index (χ3n) is 4.55. The van der Waals surface area contributed by atoms with Crippen molar-refractivity contribution >= 4 is 65.0 Å². The zero-order chi connectivity index (χ0) is 18.1. The average molecular weight is 474 g/mol. The van der Waals surface area contributed by atoms with Crippen molar-refractivity contribution in [2.24, 2.45) is 0 Å². The van der Waals surface area contributed by atoms with Crippen molar-refractivity contribution in [2.75, 3.05) is 0 Å². The highest BCUT2D eigenvalue weighted by Gasteiger charge is 2.31. The van der Waals surface area contributed by atoms with Crippen molar-refractivity contribution in [1.29, 1.82) is 0 Å². The van der Waals surface area contributed by atoms with Crippen LogP contribution >= 0.6 is 29.5 Å². The van der Waals surface area contributed by atoms with Crippen molar-refractivity contribution in [3.05, 3.63) is 82.4 Å². The minimum atomic E-state index is -1.91. The van der Waals surface area contributed by atoms with Gasteiger partial charge in [0, 0.05) is 3.57 Å². The van der Waals surface area contributed by atoms with Crippen LogP contribution in [-0.2, 0) is 0 Å². The van der Waals surface area contributed by atoms with Gasteiger partial charge in [-0.3, -0.25) is 0 Å². The smallest absolute Gasteiger partial charge is 0.0798 e. The predicted molar refractivity (Wildman–Crippen MR) is 128 cm³/mol. The van der Waals surface area contributed by atoms with Crippen LogP contribution in [0.3, 0.4) is 0 Å². The highest BCUT2D eigenvalue weighted by molar-refractivity contribution is 14.1. The van der Waals surface area contributed by atoms with E-state index >= 15 is 0 Å². The van der Waals surface area contributed by atoms with E-state index < -0.39 is 15.0 Å². The molecule has 0 saturated carbocycles. The van der Waals surface area contributed by atoms with Crippen LogP contribution in [0.1, 0.15) is 0 Å².